The van der Waals surface area contributed by atoms with E-state index in [0.29, 0.717) is 36.3 Å². The van der Waals surface area contributed by atoms with Gasteiger partial charge in [0.1, 0.15) is 23.9 Å². The SMILES string of the molecule is COc1ccc(-c2c(O)ccc3c2CCCC3)c(Cc2ccc(OCCNC3CC(C)(C)N(C)C(C)(C)C3)cc2)c1N. The van der Waals surface area contributed by atoms with Crippen LogP contribution in [0.2, 0.25) is 0 Å². The summed E-state index contributed by atoms with van der Waals surface area (Å²) in [4.78, 5) is 2.51. The van der Waals surface area contributed by atoms with Crippen LogP contribution in [-0.2, 0) is 19.3 Å². The van der Waals surface area contributed by atoms with E-state index < -0.39 is 0 Å². The number of aryl methyl sites for hydroxylation is 1. The molecule has 4 N–H and O–H groups in total. The Bertz CT molecular complexity index is 1380. The van der Waals surface area contributed by atoms with Crippen LogP contribution in [0.5, 0.6) is 17.2 Å². The van der Waals surface area contributed by atoms with E-state index in [1.807, 2.05) is 30.3 Å². The van der Waals surface area contributed by atoms with Crippen molar-refractivity contribution in [3.8, 4) is 28.4 Å². The van der Waals surface area contributed by atoms with Crippen molar-refractivity contribution in [3.63, 3.8) is 0 Å². The smallest absolute Gasteiger partial charge is 0.142 e. The lowest BCUT2D eigenvalue weighted by atomic mass is 9.77. The van der Waals surface area contributed by atoms with Gasteiger partial charge in [-0.05, 0) is 125 Å². The molecule has 6 heteroatoms. The second kappa shape index (κ2) is 12.2. The zero-order chi connectivity index (χ0) is 30.1. The van der Waals surface area contributed by atoms with Crippen molar-refractivity contribution in [1.82, 2.24) is 10.2 Å². The van der Waals surface area contributed by atoms with Gasteiger partial charge < -0.3 is 25.6 Å². The van der Waals surface area contributed by atoms with Crippen molar-refractivity contribution < 1.29 is 14.6 Å². The predicted molar refractivity (Wildman–Crippen MR) is 173 cm³/mol. The zero-order valence-corrected chi connectivity index (χ0v) is 26.3. The highest BCUT2D eigenvalue weighted by Gasteiger charge is 2.42. The monoisotopic (exact) mass is 571 g/mol. The fourth-order valence-corrected chi connectivity index (χ4v) is 7.22. The van der Waals surface area contributed by atoms with Crippen LogP contribution in [0.1, 0.15) is 75.6 Å². The lowest BCUT2D eigenvalue weighted by Crippen LogP contribution is -2.62. The number of phenols is 1. The van der Waals surface area contributed by atoms with Crippen molar-refractivity contribution in [2.75, 3.05) is 33.0 Å². The number of hydrogen-bond donors (Lipinski definition) is 3. The summed E-state index contributed by atoms with van der Waals surface area (Å²) in [5, 5.41) is 14.8. The molecule has 0 aromatic heterocycles. The maximum atomic E-state index is 11.0. The molecule has 0 atom stereocenters. The van der Waals surface area contributed by atoms with E-state index in [-0.39, 0.29) is 11.1 Å². The van der Waals surface area contributed by atoms with Crippen LogP contribution in [0.25, 0.3) is 11.1 Å². The first-order valence-corrected chi connectivity index (χ1v) is 15.5. The number of methoxy groups -OCH3 is 1. The second-order valence-corrected chi connectivity index (χ2v) is 13.4. The number of nitrogens with two attached hydrogens (primary N) is 1. The van der Waals surface area contributed by atoms with E-state index in [1.165, 1.54) is 17.5 Å². The standard InChI is InChI=1S/C36H49N3O3/c1-35(2)22-26(23-36(3,4)39(35)5)38-19-20-42-27-14-11-24(12-15-27)21-30-29(16-18-32(41-6)34(30)37)33-28-10-8-7-9-25(28)13-17-31(33)40/h11-18,26,38,40H,7-10,19-23,37H2,1-6H3. The summed E-state index contributed by atoms with van der Waals surface area (Å²) in [6.45, 7) is 10.8. The minimum absolute atomic E-state index is 0.167. The van der Waals surface area contributed by atoms with E-state index in [2.05, 4.69) is 63.2 Å². The average Bonchev–Trinajstić information content (AvgIpc) is 2.96. The van der Waals surface area contributed by atoms with Gasteiger partial charge in [-0.15, -0.1) is 0 Å². The molecule has 1 fully saturated rings. The minimum atomic E-state index is 0.167. The largest absolute Gasteiger partial charge is 0.507 e. The summed E-state index contributed by atoms with van der Waals surface area (Å²) in [6.07, 6.45) is 7.22. The maximum Gasteiger partial charge on any atom is 0.142 e. The van der Waals surface area contributed by atoms with Crippen molar-refractivity contribution >= 4 is 5.69 Å². The number of benzene rings is 3. The number of fused-ring (bicyclic) bond motifs is 1. The van der Waals surface area contributed by atoms with Gasteiger partial charge in [-0.3, -0.25) is 4.90 Å². The number of nitrogens with one attached hydrogen (secondary N) is 1. The van der Waals surface area contributed by atoms with Crippen LogP contribution in [0, 0.1) is 0 Å². The van der Waals surface area contributed by atoms with Crippen molar-refractivity contribution in [2.24, 2.45) is 0 Å². The Labute approximate surface area is 252 Å². The van der Waals surface area contributed by atoms with E-state index in [4.69, 9.17) is 15.2 Å². The highest BCUT2D eigenvalue weighted by Crippen LogP contribution is 2.43. The fraction of sp³-hybridized carbons (Fsp3) is 0.500. The Kier molecular flexibility index (Phi) is 8.77. The molecular formula is C36H49N3O3. The third-order valence-corrected chi connectivity index (χ3v) is 9.73. The van der Waals surface area contributed by atoms with Gasteiger partial charge in [0.2, 0.25) is 0 Å². The topological polar surface area (TPSA) is 80.0 Å². The number of likely N-dealkylation sites (tertiary alicyclic amines) is 1. The molecule has 226 valence electrons. The number of rotatable bonds is 9. The minimum Gasteiger partial charge on any atom is -0.507 e. The van der Waals surface area contributed by atoms with Gasteiger partial charge >= 0.3 is 0 Å². The number of phenolic OH excluding ortho intramolecular Hbond substituents is 1. The van der Waals surface area contributed by atoms with E-state index in [1.54, 1.807) is 7.11 Å². The molecule has 5 rings (SSSR count). The Morgan fingerprint density at radius 2 is 1.64 bits per heavy atom. The van der Waals surface area contributed by atoms with Gasteiger partial charge in [0.15, 0.2) is 0 Å². The molecule has 0 amide bonds. The zero-order valence-electron chi connectivity index (χ0n) is 26.3. The third-order valence-electron chi connectivity index (χ3n) is 9.73. The highest BCUT2D eigenvalue weighted by atomic mass is 16.5. The molecule has 0 unspecified atom stereocenters. The number of anilines is 1. The van der Waals surface area contributed by atoms with E-state index in [9.17, 15) is 5.11 Å². The number of nitrogen functional groups attached to an aromatic ring is 1. The Morgan fingerprint density at radius 1 is 0.952 bits per heavy atom. The van der Waals surface area contributed by atoms with Gasteiger partial charge in [-0.2, -0.15) is 0 Å². The summed E-state index contributed by atoms with van der Waals surface area (Å²) in [6, 6.07) is 16.6. The second-order valence-electron chi connectivity index (χ2n) is 13.4. The van der Waals surface area contributed by atoms with E-state index in [0.717, 1.165) is 66.7 Å². The number of piperidine rings is 1. The van der Waals surface area contributed by atoms with Crippen LogP contribution in [0.15, 0.2) is 48.5 Å². The molecular weight excluding hydrogens is 522 g/mol. The molecule has 3 aromatic rings. The number of nitrogens with zero attached hydrogens (tertiary/aromatic N) is 1. The molecule has 1 aliphatic heterocycles. The molecule has 3 aromatic carbocycles. The Balaban J connectivity index is 1.27. The summed E-state index contributed by atoms with van der Waals surface area (Å²) < 4.78 is 11.7. The summed E-state index contributed by atoms with van der Waals surface area (Å²) in [5.74, 6) is 1.83. The van der Waals surface area contributed by atoms with Gasteiger partial charge in [-0.1, -0.05) is 24.3 Å². The molecule has 6 nitrogen and oxygen atoms in total. The van der Waals surface area contributed by atoms with Crippen LogP contribution < -0.4 is 20.5 Å². The normalized spacial score (nSPS) is 18.4. The van der Waals surface area contributed by atoms with Crippen molar-refractivity contribution in [1.29, 1.82) is 0 Å². The Morgan fingerprint density at radius 3 is 2.33 bits per heavy atom. The summed E-state index contributed by atoms with van der Waals surface area (Å²) >= 11 is 0. The van der Waals surface area contributed by atoms with Gasteiger partial charge in [0.25, 0.3) is 0 Å². The molecule has 0 saturated carbocycles. The van der Waals surface area contributed by atoms with Crippen molar-refractivity contribution in [2.45, 2.75) is 89.8 Å². The molecule has 1 aliphatic carbocycles. The van der Waals surface area contributed by atoms with Crippen LogP contribution in [-0.4, -0.2) is 54.4 Å². The lowest BCUT2D eigenvalue weighted by molar-refractivity contribution is -0.0184. The molecule has 1 saturated heterocycles. The molecule has 1 heterocycles. The van der Waals surface area contributed by atoms with Gasteiger partial charge in [0, 0.05) is 35.6 Å². The fourth-order valence-electron chi connectivity index (χ4n) is 7.22. The number of ether oxygens (including phenoxy) is 2. The van der Waals surface area contributed by atoms with E-state index >= 15 is 0 Å². The summed E-state index contributed by atoms with van der Waals surface area (Å²) in [7, 11) is 3.89. The first-order valence-electron chi connectivity index (χ1n) is 15.5. The molecule has 2 aliphatic rings. The average molecular weight is 572 g/mol. The van der Waals surface area contributed by atoms with Crippen molar-refractivity contribution in [3.05, 3.63) is 70.8 Å². The first-order chi connectivity index (χ1) is 20.0. The maximum absolute atomic E-state index is 11.0. The van der Waals surface area contributed by atoms with Crippen LogP contribution >= 0.6 is 0 Å². The highest BCUT2D eigenvalue weighted by molar-refractivity contribution is 5.83. The third kappa shape index (κ3) is 6.25. The molecule has 42 heavy (non-hydrogen) atoms. The number of hydrogen-bond acceptors (Lipinski definition) is 6. The number of aromatic hydroxyl groups is 1. The van der Waals surface area contributed by atoms with Gasteiger partial charge in [-0.25, -0.2) is 0 Å². The Hall–Kier alpha value is -3.22. The molecule has 0 spiro atoms. The first kappa shape index (κ1) is 30.2. The molecule has 0 radical (unpaired) electrons. The summed E-state index contributed by atoms with van der Waals surface area (Å²) in [5.41, 5.74) is 14.2. The lowest BCUT2D eigenvalue weighted by Gasteiger charge is -2.53. The molecule has 0 bridgehead atoms. The predicted octanol–water partition coefficient (Wildman–Crippen LogP) is 6.74. The van der Waals surface area contributed by atoms with Crippen LogP contribution in [0.4, 0.5) is 5.69 Å². The van der Waals surface area contributed by atoms with Crippen LogP contribution in [0.3, 0.4) is 0 Å². The quantitative estimate of drug-likeness (QED) is 0.195. The van der Waals surface area contributed by atoms with Gasteiger partial charge in [0.05, 0.1) is 12.8 Å².